The lowest BCUT2D eigenvalue weighted by Gasteiger charge is -2.11. The van der Waals surface area contributed by atoms with E-state index in [-0.39, 0.29) is 4.90 Å². The van der Waals surface area contributed by atoms with E-state index in [4.69, 9.17) is 11.6 Å². The van der Waals surface area contributed by atoms with Crippen LogP contribution in [0.4, 0.5) is 5.69 Å². The Morgan fingerprint density at radius 2 is 1.75 bits per heavy atom. The first-order valence-electron chi connectivity index (χ1n) is 5.86. The molecule has 0 unspecified atom stereocenters. The predicted octanol–water partition coefficient (Wildman–Crippen LogP) is 4.17. The Kier molecular flexibility index (Phi) is 4.62. The van der Waals surface area contributed by atoms with Crippen molar-refractivity contribution in [1.29, 1.82) is 0 Å². The van der Waals surface area contributed by atoms with Crippen molar-refractivity contribution in [2.24, 2.45) is 0 Å². The first kappa shape index (κ1) is 15.2. The smallest absolute Gasteiger partial charge is 0.261 e. The van der Waals surface area contributed by atoms with E-state index >= 15 is 0 Å². The standard InChI is InChI=1S/C14H14ClNO2S2/c1-10-13(15)4-3-5-14(10)16-20(17,18)12-8-6-11(19-2)7-9-12/h3-9,16H,1-2H3. The van der Waals surface area contributed by atoms with Gasteiger partial charge in [-0.25, -0.2) is 8.42 Å². The Morgan fingerprint density at radius 3 is 2.35 bits per heavy atom. The van der Waals surface area contributed by atoms with Gasteiger partial charge in [0.15, 0.2) is 0 Å². The normalized spacial score (nSPS) is 11.3. The molecule has 0 aromatic heterocycles. The van der Waals surface area contributed by atoms with Crippen molar-refractivity contribution < 1.29 is 8.42 Å². The van der Waals surface area contributed by atoms with Crippen LogP contribution >= 0.6 is 23.4 Å². The quantitative estimate of drug-likeness (QED) is 0.857. The van der Waals surface area contributed by atoms with Crippen molar-refractivity contribution in [1.82, 2.24) is 0 Å². The summed E-state index contributed by atoms with van der Waals surface area (Å²) in [4.78, 5) is 1.25. The minimum atomic E-state index is -3.60. The van der Waals surface area contributed by atoms with E-state index < -0.39 is 10.0 Å². The van der Waals surface area contributed by atoms with Crippen molar-refractivity contribution in [2.75, 3.05) is 11.0 Å². The molecule has 106 valence electrons. The van der Waals surface area contributed by atoms with Gasteiger partial charge in [0.25, 0.3) is 10.0 Å². The molecule has 0 atom stereocenters. The number of halogens is 1. The van der Waals surface area contributed by atoms with Gasteiger partial charge in [-0.05, 0) is 55.1 Å². The Bertz CT molecular complexity index is 712. The molecule has 0 amide bonds. The van der Waals surface area contributed by atoms with E-state index in [1.807, 2.05) is 6.26 Å². The molecule has 0 fully saturated rings. The highest BCUT2D eigenvalue weighted by atomic mass is 35.5. The number of nitrogens with one attached hydrogen (secondary N) is 1. The Labute approximate surface area is 128 Å². The molecule has 2 aromatic carbocycles. The van der Waals surface area contributed by atoms with Crippen molar-refractivity contribution >= 4 is 39.1 Å². The van der Waals surface area contributed by atoms with E-state index in [9.17, 15) is 8.42 Å². The molecule has 0 aliphatic rings. The number of hydrogen-bond donors (Lipinski definition) is 1. The predicted molar refractivity (Wildman–Crippen MR) is 85.2 cm³/mol. The van der Waals surface area contributed by atoms with Crippen LogP contribution in [-0.2, 0) is 10.0 Å². The van der Waals surface area contributed by atoms with E-state index in [0.29, 0.717) is 16.3 Å². The molecular formula is C14H14ClNO2S2. The highest BCUT2D eigenvalue weighted by Gasteiger charge is 2.15. The van der Waals surface area contributed by atoms with Gasteiger partial charge in [0.05, 0.1) is 10.6 Å². The number of benzene rings is 2. The lowest BCUT2D eigenvalue weighted by atomic mass is 10.2. The van der Waals surface area contributed by atoms with Gasteiger partial charge in [-0.15, -0.1) is 11.8 Å². The van der Waals surface area contributed by atoms with Gasteiger partial charge < -0.3 is 0 Å². The molecule has 0 aliphatic carbocycles. The fraction of sp³-hybridized carbons (Fsp3) is 0.143. The Balaban J connectivity index is 2.33. The topological polar surface area (TPSA) is 46.2 Å². The molecule has 6 heteroatoms. The van der Waals surface area contributed by atoms with Crippen molar-refractivity contribution in [3.05, 3.63) is 53.1 Å². The summed E-state index contributed by atoms with van der Waals surface area (Å²) in [5.41, 5.74) is 1.20. The van der Waals surface area contributed by atoms with Crippen LogP contribution in [0, 0.1) is 6.92 Å². The van der Waals surface area contributed by atoms with Crippen molar-refractivity contribution in [3.63, 3.8) is 0 Å². The molecule has 0 heterocycles. The summed E-state index contributed by atoms with van der Waals surface area (Å²) >= 11 is 7.55. The summed E-state index contributed by atoms with van der Waals surface area (Å²) in [7, 11) is -3.60. The van der Waals surface area contributed by atoms with Gasteiger partial charge in [0.2, 0.25) is 0 Å². The SMILES string of the molecule is CSc1ccc(S(=O)(=O)Nc2cccc(Cl)c2C)cc1. The minimum Gasteiger partial charge on any atom is -0.279 e. The highest BCUT2D eigenvalue weighted by Crippen LogP contribution is 2.26. The maximum atomic E-state index is 12.3. The molecule has 0 bridgehead atoms. The maximum Gasteiger partial charge on any atom is 0.261 e. The van der Waals surface area contributed by atoms with Gasteiger partial charge in [-0.1, -0.05) is 17.7 Å². The first-order valence-corrected chi connectivity index (χ1v) is 8.94. The zero-order valence-electron chi connectivity index (χ0n) is 11.1. The lowest BCUT2D eigenvalue weighted by molar-refractivity contribution is 0.601. The van der Waals surface area contributed by atoms with Crippen molar-refractivity contribution in [3.8, 4) is 0 Å². The van der Waals surface area contributed by atoms with E-state index in [2.05, 4.69) is 4.72 Å². The molecule has 3 nitrogen and oxygen atoms in total. The second-order valence-electron chi connectivity index (χ2n) is 4.19. The van der Waals surface area contributed by atoms with Crippen molar-refractivity contribution in [2.45, 2.75) is 16.7 Å². The first-order chi connectivity index (χ1) is 9.44. The monoisotopic (exact) mass is 327 g/mol. The van der Waals surface area contributed by atoms with Gasteiger partial charge in [0, 0.05) is 9.92 Å². The highest BCUT2D eigenvalue weighted by molar-refractivity contribution is 7.98. The van der Waals surface area contributed by atoms with Gasteiger partial charge in [-0.3, -0.25) is 4.72 Å². The third-order valence-electron chi connectivity index (χ3n) is 2.88. The molecule has 0 spiro atoms. The van der Waals surface area contributed by atoms with Crippen LogP contribution in [0.3, 0.4) is 0 Å². The molecule has 0 saturated carbocycles. The number of rotatable bonds is 4. The number of thioether (sulfide) groups is 1. The second kappa shape index (κ2) is 6.08. The second-order valence-corrected chi connectivity index (χ2v) is 7.16. The van der Waals surface area contributed by atoms with E-state index in [1.165, 1.54) is 0 Å². The fourth-order valence-electron chi connectivity index (χ4n) is 1.68. The van der Waals surface area contributed by atoms with Crippen LogP contribution in [0.2, 0.25) is 5.02 Å². The van der Waals surface area contributed by atoms with Gasteiger partial charge in [-0.2, -0.15) is 0 Å². The van der Waals surface area contributed by atoms with E-state index in [0.717, 1.165) is 4.90 Å². The lowest BCUT2D eigenvalue weighted by Crippen LogP contribution is -2.13. The third-order valence-corrected chi connectivity index (χ3v) is 5.42. The number of anilines is 1. The van der Waals surface area contributed by atoms with Gasteiger partial charge >= 0.3 is 0 Å². The minimum absolute atomic E-state index is 0.231. The summed E-state index contributed by atoms with van der Waals surface area (Å²) < 4.78 is 27.2. The summed E-state index contributed by atoms with van der Waals surface area (Å²) in [6, 6.07) is 11.9. The molecule has 20 heavy (non-hydrogen) atoms. The summed E-state index contributed by atoms with van der Waals surface area (Å²) in [5, 5.41) is 0.530. The molecule has 2 rings (SSSR count). The number of sulfonamides is 1. The maximum absolute atomic E-state index is 12.3. The van der Waals surface area contributed by atoms with Crippen LogP contribution in [-0.4, -0.2) is 14.7 Å². The van der Waals surface area contributed by atoms with Crippen LogP contribution in [0.15, 0.2) is 52.3 Å². The zero-order chi connectivity index (χ0) is 14.8. The van der Waals surface area contributed by atoms with Crippen LogP contribution in [0.5, 0.6) is 0 Å². The van der Waals surface area contributed by atoms with E-state index in [1.54, 1.807) is 61.2 Å². The third kappa shape index (κ3) is 3.29. The molecule has 1 N–H and O–H groups in total. The number of hydrogen-bond acceptors (Lipinski definition) is 3. The summed E-state index contributed by atoms with van der Waals surface area (Å²) in [5.74, 6) is 0. The Hall–Kier alpha value is -1.17. The Morgan fingerprint density at radius 1 is 1.10 bits per heavy atom. The largest absolute Gasteiger partial charge is 0.279 e. The zero-order valence-corrected chi connectivity index (χ0v) is 13.4. The molecule has 0 aliphatic heterocycles. The van der Waals surface area contributed by atoms with Gasteiger partial charge in [0.1, 0.15) is 0 Å². The summed E-state index contributed by atoms with van der Waals surface area (Å²) in [6.07, 6.45) is 1.94. The van der Waals surface area contributed by atoms with Crippen LogP contribution < -0.4 is 4.72 Å². The average molecular weight is 328 g/mol. The van der Waals surface area contributed by atoms with Crippen LogP contribution in [0.25, 0.3) is 0 Å². The molecule has 0 radical (unpaired) electrons. The average Bonchev–Trinajstić information content (AvgIpc) is 2.44. The summed E-state index contributed by atoms with van der Waals surface area (Å²) in [6.45, 7) is 1.77. The molecule has 0 saturated heterocycles. The fourth-order valence-corrected chi connectivity index (χ4v) is 3.38. The molecular weight excluding hydrogens is 314 g/mol. The molecule has 2 aromatic rings. The van der Waals surface area contributed by atoms with Crippen LogP contribution in [0.1, 0.15) is 5.56 Å².